The summed E-state index contributed by atoms with van der Waals surface area (Å²) in [5.74, 6) is -0.739. The van der Waals surface area contributed by atoms with Crippen LogP contribution in [0.15, 0.2) is 54.1 Å². The van der Waals surface area contributed by atoms with Gasteiger partial charge in [-0.1, -0.05) is 29.8 Å². The van der Waals surface area contributed by atoms with Gasteiger partial charge in [-0.05, 0) is 42.0 Å². The lowest BCUT2D eigenvalue weighted by Gasteiger charge is -2.07. The summed E-state index contributed by atoms with van der Waals surface area (Å²) in [6.45, 7) is 0. The van der Waals surface area contributed by atoms with Crippen LogP contribution in [0, 0.1) is 11.3 Å². The Morgan fingerprint density at radius 3 is 2.50 bits per heavy atom. The Morgan fingerprint density at radius 1 is 1.17 bits per heavy atom. The lowest BCUT2D eigenvalue weighted by molar-refractivity contribution is -0.137. The Bertz CT molecular complexity index is 838. The van der Waals surface area contributed by atoms with Crippen LogP contribution in [0.1, 0.15) is 11.1 Å². The highest BCUT2D eigenvalue weighted by molar-refractivity contribution is 6.31. The van der Waals surface area contributed by atoms with Crippen LogP contribution in [0.3, 0.4) is 0 Å². The maximum atomic E-state index is 12.7. The van der Waals surface area contributed by atoms with E-state index in [9.17, 15) is 18.0 Å². The molecule has 0 unspecified atom stereocenters. The minimum Gasteiger partial charge on any atom is -0.321 e. The van der Waals surface area contributed by atoms with Crippen molar-refractivity contribution in [3.05, 3.63) is 70.3 Å². The topological polar surface area (TPSA) is 52.9 Å². The van der Waals surface area contributed by atoms with E-state index >= 15 is 0 Å². The van der Waals surface area contributed by atoms with Crippen molar-refractivity contribution >= 4 is 29.3 Å². The first-order chi connectivity index (χ1) is 11.3. The van der Waals surface area contributed by atoms with Gasteiger partial charge < -0.3 is 5.32 Å². The molecule has 0 aliphatic carbocycles. The fraction of sp³-hybridized carbons (Fsp3) is 0.0588. The van der Waals surface area contributed by atoms with Crippen LogP contribution in [0.5, 0.6) is 0 Å². The van der Waals surface area contributed by atoms with Crippen LogP contribution in [0.4, 0.5) is 18.9 Å². The van der Waals surface area contributed by atoms with E-state index in [1.54, 1.807) is 24.3 Å². The average Bonchev–Trinajstić information content (AvgIpc) is 2.52. The van der Waals surface area contributed by atoms with Crippen molar-refractivity contribution in [3.8, 4) is 6.07 Å². The number of carbonyl (C=O) groups excluding carboxylic acids is 1. The number of nitrogens with one attached hydrogen (secondary N) is 1. The van der Waals surface area contributed by atoms with Crippen molar-refractivity contribution in [1.29, 1.82) is 5.26 Å². The summed E-state index contributed by atoms with van der Waals surface area (Å²) < 4.78 is 38.1. The predicted octanol–water partition coefficient (Wildman–Crippen LogP) is 4.90. The first kappa shape index (κ1) is 17.6. The summed E-state index contributed by atoms with van der Waals surface area (Å²) in [5.41, 5.74) is -0.710. The molecule has 0 atom stereocenters. The molecular weight excluding hydrogens is 341 g/mol. The third kappa shape index (κ3) is 4.61. The van der Waals surface area contributed by atoms with E-state index in [0.29, 0.717) is 10.7 Å². The molecule has 0 fully saturated rings. The Balaban J connectivity index is 2.26. The average molecular weight is 351 g/mol. The summed E-state index contributed by atoms with van der Waals surface area (Å²) in [7, 11) is 0. The molecule has 0 aliphatic rings. The third-order valence-electron chi connectivity index (χ3n) is 2.97. The van der Waals surface area contributed by atoms with Crippen LogP contribution in [-0.4, -0.2) is 5.91 Å². The SMILES string of the molecule is N#C/C(=C\c1cccc(C(F)(F)F)c1)C(=O)Nc1cccc(Cl)c1. The molecule has 0 aliphatic heterocycles. The summed E-state index contributed by atoms with van der Waals surface area (Å²) >= 11 is 5.79. The number of amides is 1. The van der Waals surface area contributed by atoms with Gasteiger partial charge in [0.1, 0.15) is 11.6 Å². The summed E-state index contributed by atoms with van der Waals surface area (Å²) in [6, 6.07) is 12.3. The molecule has 0 saturated heterocycles. The lowest BCUT2D eigenvalue weighted by atomic mass is 10.1. The molecule has 24 heavy (non-hydrogen) atoms. The van der Waals surface area contributed by atoms with Gasteiger partial charge in [0.2, 0.25) is 0 Å². The molecule has 0 radical (unpaired) electrons. The molecule has 2 aromatic rings. The second kappa shape index (κ2) is 7.20. The molecule has 2 rings (SSSR count). The van der Waals surface area contributed by atoms with Crippen LogP contribution in [0.2, 0.25) is 5.02 Å². The molecule has 1 N–H and O–H groups in total. The van der Waals surface area contributed by atoms with Gasteiger partial charge in [0, 0.05) is 10.7 Å². The first-order valence-electron chi connectivity index (χ1n) is 6.65. The van der Waals surface area contributed by atoms with Crippen LogP contribution >= 0.6 is 11.6 Å². The van der Waals surface area contributed by atoms with Crippen LogP contribution in [0.25, 0.3) is 6.08 Å². The van der Waals surface area contributed by atoms with Gasteiger partial charge in [0.15, 0.2) is 0 Å². The quantitative estimate of drug-likeness (QED) is 0.632. The van der Waals surface area contributed by atoms with Crippen molar-refractivity contribution in [2.24, 2.45) is 0 Å². The van der Waals surface area contributed by atoms with E-state index < -0.39 is 17.6 Å². The number of alkyl halides is 3. The van der Waals surface area contributed by atoms with Gasteiger partial charge in [-0.15, -0.1) is 0 Å². The van der Waals surface area contributed by atoms with Crippen LogP contribution in [-0.2, 0) is 11.0 Å². The largest absolute Gasteiger partial charge is 0.416 e. The van der Waals surface area contributed by atoms with Crippen molar-refractivity contribution in [1.82, 2.24) is 0 Å². The molecule has 1 amide bonds. The maximum absolute atomic E-state index is 12.7. The smallest absolute Gasteiger partial charge is 0.321 e. The van der Waals surface area contributed by atoms with E-state index in [0.717, 1.165) is 18.2 Å². The summed E-state index contributed by atoms with van der Waals surface area (Å²) in [5, 5.41) is 12.0. The summed E-state index contributed by atoms with van der Waals surface area (Å²) in [4.78, 5) is 12.1. The number of nitrogens with zero attached hydrogens (tertiary/aromatic N) is 1. The fourth-order valence-corrected chi connectivity index (χ4v) is 2.07. The van der Waals surface area contributed by atoms with E-state index in [1.165, 1.54) is 18.2 Å². The minimum absolute atomic E-state index is 0.0996. The molecule has 2 aromatic carbocycles. The van der Waals surface area contributed by atoms with Gasteiger partial charge in [0.05, 0.1) is 5.56 Å². The summed E-state index contributed by atoms with van der Waals surface area (Å²) in [6.07, 6.45) is -3.41. The number of anilines is 1. The highest BCUT2D eigenvalue weighted by Crippen LogP contribution is 2.30. The zero-order valence-electron chi connectivity index (χ0n) is 12.1. The van der Waals surface area contributed by atoms with E-state index in [-0.39, 0.29) is 11.1 Å². The third-order valence-corrected chi connectivity index (χ3v) is 3.21. The van der Waals surface area contributed by atoms with Gasteiger partial charge in [-0.2, -0.15) is 18.4 Å². The predicted molar refractivity (Wildman–Crippen MR) is 85.1 cm³/mol. The monoisotopic (exact) mass is 350 g/mol. The first-order valence-corrected chi connectivity index (χ1v) is 7.03. The number of carbonyl (C=O) groups is 1. The lowest BCUT2D eigenvalue weighted by Crippen LogP contribution is -2.13. The molecular formula is C17H10ClF3N2O. The van der Waals surface area contributed by atoms with Gasteiger partial charge in [0.25, 0.3) is 5.91 Å². The highest BCUT2D eigenvalue weighted by Gasteiger charge is 2.30. The van der Waals surface area contributed by atoms with E-state index in [2.05, 4.69) is 5.32 Å². The Hall–Kier alpha value is -2.78. The highest BCUT2D eigenvalue weighted by atomic mass is 35.5. The van der Waals surface area contributed by atoms with Gasteiger partial charge in [-0.3, -0.25) is 4.79 Å². The number of benzene rings is 2. The molecule has 3 nitrogen and oxygen atoms in total. The van der Waals surface area contributed by atoms with Crippen LogP contribution < -0.4 is 5.32 Å². The van der Waals surface area contributed by atoms with Gasteiger partial charge in [-0.25, -0.2) is 0 Å². The zero-order valence-corrected chi connectivity index (χ0v) is 12.8. The Labute approximate surface area is 141 Å². The molecule has 0 bridgehead atoms. The van der Waals surface area contributed by atoms with Crippen molar-refractivity contribution < 1.29 is 18.0 Å². The zero-order chi connectivity index (χ0) is 17.7. The number of hydrogen-bond donors (Lipinski definition) is 1. The number of halogens is 4. The second-order valence-corrected chi connectivity index (χ2v) is 5.19. The number of hydrogen-bond acceptors (Lipinski definition) is 2. The fourth-order valence-electron chi connectivity index (χ4n) is 1.88. The normalized spacial score (nSPS) is 11.7. The Kier molecular flexibility index (Phi) is 5.27. The molecule has 0 heterocycles. The Morgan fingerprint density at radius 2 is 1.88 bits per heavy atom. The molecule has 0 aromatic heterocycles. The molecule has 122 valence electrons. The second-order valence-electron chi connectivity index (χ2n) is 4.76. The van der Waals surface area contributed by atoms with Crippen molar-refractivity contribution in [2.45, 2.75) is 6.18 Å². The van der Waals surface area contributed by atoms with E-state index in [4.69, 9.17) is 16.9 Å². The standard InChI is InChI=1S/C17H10ClF3N2O/c18-14-5-2-6-15(9-14)23-16(24)12(10-22)7-11-3-1-4-13(8-11)17(19,20)21/h1-9H,(H,23,24)/b12-7+. The van der Waals surface area contributed by atoms with E-state index in [1.807, 2.05) is 0 Å². The molecule has 0 saturated carbocycles. The number of rotatable bonds is 3. The molecule has 0 spiro atoms. The maximum Gasteiger partial charge on any atom is 0.416 e. The minimum atomic E-state index is -4.50. The molecule has 7 heteroatoms. The number of nitriles is 1. The van der Waals surface area contributed by atoms with Crippen molar-refractivity contribution in [2.75, 3.05) is 5.32 Å². The van der Waals surface area contributed by atoms with Crippen molar-refractivity contribution in [3.63, 3.8) is 0 Å². The van der Waals surface area contributed by atoms with Gasteiger partial charge >= 0.3 is 6.18 Å².